The van der Waals surface area contributed by atoms with Gasteiger partial charge in [-0.25, -0.2) is 14.6 Å². The molecule has 1 saturated heterocycles. The minimum Gasteiger partial charge on any atom is -0.468 e. The normalized spacial score (nSPS) is 15.9. The summed E-state index contributed by atoms with van der Waals surface area (Å²) in [5.74, 6) is 0.167. The number of hydrogen-bond donors (Lipinski definition) is 1. The molecule has 0 aliphatic carbocycles. The van der Waals surface area contributed by atoms with E-state index in [-0.39, 0.29) is 12.0 Å². The van der Waals surface area contributed by atoms with Gasteiger partial charge < -0.3 is 9.64 Å². The summed E-state index contributed by atoms with van der Waals surface area (Å²) in [5.41, 5.74) is 0.778. The van der Waals surface area contributed by atoms with Crippen LogP contribution in [0, 0.1) is 0 Å². The molecule has 142 valence electrons. The molecule has 1 N–H and O–H groups in total. The molecule has 0 bridgehead atoms. The van der Waals surface area contributed by atoms with Gasteiger partial charge in [0, 0.05) is 37.4 Å². The Bertz CT molecular complexity index is 795. The van der Waals surface area contributed by atoms with Crippen molar-refractivity contribution in [1.82, 2.24) is 14.8 Å². The Morgan fingerprint density at radius 2 is 1.93 bits per heavy atom. The molecule has 2 amide bonds. The second-order valence-corrected chi connectivity index (χ2v) is 6.59. The SMILES string of the molecule is COC(=O)[C@@H](c1cccc(Cl)c1)N1CCN(C(=O)Nc2ccccn2)CC1. The van der Waals surface area contributed by atoms with Crippen molar-refractivity contribution in [1.29, 1.82) is 0 Å². The Hall–Kier alpha value is -2.64. The molecule has 0 spiro atoms. The van der Waals surface area contributed by atoms with Crippen molar-refractivity contribution in [3.05, 3.63) is 59.2 Å². The Kier molecular flexibility index (Phi) is 6.26. The van der Waals surface area contributed by atoms with Crippen molar-refractivity contribution in [2.45, 2.75) is 6.04 Å². The quantitative estimate of drug-likeness (QED) is 0.815. The predicted octanol–water partition coefficient (Wildman–Crippen LogP) is 2.80. The molecule has 27 heavy (non-hydrogen) atoms. The fraction of sp³-hybridized carbons (Fsp3) is 0.316. The molecule has 0 unspecified atom stereocenters. The topological polar surface area (TPSA) is 74.8 Å². The van der Waals surface area contributed by atoms with Crippen molar-refractivity contribution >= 4 is 29.4 Å². The number of rotatable bonds is 4. The Labute approximate surface area is 162 Å². The van der Waals surface area contributed by atoms with E-state index >= 15 is 0 Å². The Morgan fingerprint density at radius 3 is 2.56 bits per heavy atom. The van der Waals surface area contributed by atoms with Crippen LogP contribution in [0.15, 0.2) is 48.7 Å². The van der Waals surface area contributed by atoms with Crippen molar-refractivity contribution in [3.8, 4) is 0 Å². The molecule has 0 saturated carbocycles. The number of benzene rings is 1. The van der Waals surface area contributed by atoms with E-state index in [0.717, 1.165) is 5.56 Å². The van der Waals surface area contributed by atoms with E-state index in [1.54, 1.807) is 35.4 Å². The van der Waals surface area contributed by atoms with Gasteiger partial charge >= 0.3 is 12.0 Å². The smallest absolute Gasteiger partial charge is 0.327 e. The molecule has 2 heterocycles. The lowest BCUT2D eigenvalue weighted by Gasteiger charge is -2.38. The second-order valence-electron chi connectivity index (χ2n) is 6.15. The summed E-state index contributed by atoms with van der Waals surface area (Å²) in [6, 6.07) is 11.8. The Morgan fingerprint density at radius 1 is 1.15 bits per heavy atom. The van der Waals surface area contributed by atoms with Crippen molar-refractivity contribution < 1.29 is 14.3 Å². The molecule has 1 atom stereocenters. The highest BCUT2D eigenvalue weighted by molar-refractivity contribution is 6.30. The third-order valence-corrected chi connectivity index (χ3v) is 4.69. The largest absolute Gasteiger partial charge is 0.468 e. The summed E-state index contributed by atoms with van der Waals surface area (Å²) in [7, 11) is 1.37. The standard InChI is InChI=1S/C19H21ClN4O3/c1-27-18(25)17(14-5-4-6-15(20)13-14)23-9-11-24(12-10-23)19(26)22-16-7-2-3-8-21-16/h2-8,13,17H,9-12H2,1H3,(H,21,22,26)/t17-/m1/s1. The van der Waals surface area contributed by atoms with Crippen LogP contribution >= 0.6 is 11.6 Å². The molecule has 2 aromatic rings. The molecular formula is C19H21ClN4O3. The third-order valence-electron chi connectivity index (χ3n) is 4.46. The molecular weight excluding hydrogens is 368 g/mol. The number of halogens is 1. The molecule has 0 radical (unpaired) electrons. The maximum Gasteiger partial charge on any atom is 0.327 e. The van der Waals surface area contributed by atoms with Crippen LogP contribution < -0.4 is 5.32 Å². The lowest BCUT2D eigenvalue weighted by Crippen LogP contribution is -2.52. The van der Waals surface area contributed by atoms with Crippen LogP contribution in [0.2, 0.25) is 5.02 Å². The van der Waals surface area contributed by atoms with Gasteiger partial charge in [-0.1, -0.05) is 29.8 Å². The van der Waals surface area contributed by atoms with Crippen LogP contribution in [0.3, 0.4) is 0 Å². The van der Waals surface area contributed by atoms with E-state index in [2.05, 4.69) is 10.3 Å². The van der Waals surface area contributed by atoms with E-state index in [9.17, 15) is 9.59 Å². The fourth-order valence-corrected chi connectivity index (χ4v) is 3.29. The summed E-state index contributed by atoms with van der Waals surface area (Å²) in [4.78, 5) is 32.6. The second kappa shape index (κ2) is 8.83. The zero-order chi connectivity index (χ0) is 19.2. The first-order valence-corrected chi connectivity index (χ1v) is 9.00. The number of ether oxygens (including phenoxy) is 1. The maximum absolute atomic E-state index is 12.4. The van der Waals surface area contributed by atoms with E-state index in [1.807, 2.05) is 23.1 Å². The van der Waals surface area contributed by atoms with Gasteiger partial charge in [-0.15, -0.1) is 0 Å². The summed E-state index contributed by atoms with van der Waals surface area (Å²) < 4.78 is 4.99. The molecule has 1 aliphatic heterocycles. The number of hydrogen-bond acceptors (Lipinski definition) is 5. The van der Waals surface area contributed by atoms with E-state index < -0.39 is 6.04 Å². The zero-order valence-electron chi connectivity index (χ0n) is 15.0. The Balaban J connectivity index is 1.65. The van der Waals surface area contributed by atoms with Crippen molar-refractivity contribution in [3.63, 3.8) is 0 Å². The number of esters is 1. The number of methoxy groups -OCH3 is 1. The maximum atomic E-state index is 12.4. The summed E-state index contributed by atoms with van der Waals surface area (Å²) in [6.07, 6.45) is 1.62. The van der Waals surface area contributed by atoms with E-state index in [0.29, 0.717) is 37.0 Å². The van der Waals surface area contributed by atoms with Crippen LogP contribution in [-0.4, -0.2) is 60.1 Å². The average Bonchev–Trinajstić information content (AvgIpc) is 2.69. The summed E-state index contributed by atoms with van der Waals surface area (Å²) in [6.45, 7) is 2.07. The molecule has 3 rings (SSSR count). The number of carbonyl (C=O) groups is 2. The van der Waals surface area contributed by atoms with E-state index in [4.69, 9.17) is 16.3 Å². The molecule has 7 nitrogen and oxygen atoms in total. The third kappa shape index (κ3) is 4.75. The van der Waals surface area contributed by atoms with Gasteiger partial charge in [0.05, 0.1) is 7.11 Å². The van der Waals surface area contributed by atoms with Crippen LogP contribution in [0.25, 0.3) is 0 Å². The summed E-state index contributed by atoms with van der Waals surface area (Å²) >= 11 is 6.08. The number of amides is 2. The summed E-state index contributed by atoms with van der Waals surface area (Å²) in [5, 5.41) is 3.34. The highest BCUT2D eigenvalue weighted by Gasteiger charge is 2.32. The van der Waals surface area contributed by atoms with Gasteiger partial charge in [-0.2, -0.15) is 0 Å². The number of piperazine rings is 1. The van der Waals surface area contributed by atoms with Gasteiger partial charge in [-0.05, 0) is 29.8 Å². The van der Waals surface area contributed by atoms with Crippen LogP contribution in [0.5, 0.6) is 0 Å². The number of anilines is 1. The molecule has 1 fully saturated rings. The molecule has 1 aromatic heterocycles. The number of urea groups is 1. The van der Waals surface area contributed by atoms with E-state index in [1.165, 1.54) is 7.11 Å². The van der Waals surface area contributed by atoms with Gasteiger partial charge in [0.1, 0.15) is 11.9 Å². The number of nitrogens with one attached hydrogen (secondary N) is 1. The highest BCUT2D eigenvalue weighted by Crippen LogP contribution is 2.26. The monoisotopic (exact) mass is 388 g/mol. The minimum absolute atomic E-state index is 0.203. The van der Waals surface area contributed by atoms with Gasteiger partial charge in [0.15, 0.2) is 0 Å². The lowest BCUT2D eigenvalue weighted by atomic mass is 10.0. The first-order chi connectivity index (χ1) is 13.1. The van der Waals surface area contributed by atoms with Crippen LogP contribution in [0.1, 0.15) is 11.6 Å². The molecule has 8 heteroatoms. The highest BCUT2D eigenvalue weighted by atomic mass is 35.5. The molecule has 1 aliphatic rings. The zero-order valence-corrected chi connectivity index (χ0v) is 15.7. The van der Waals surface area contributed by atoms with Crippen LogP contribution in [-0.2, 0) is 9.53 Å². The first-order valence-electron chi connectivity index (χ1n) is 8.63. The first kappa shape index (κ1) is 19.1. The van der Waals surface area contributed by atoms with Gasteiger partial charge in [0.2, 0.25) is 0 Å². The van der Waals surface area contributed by atoms with Crippen molar-refractivity contribution in [2.24, 2.45) is 0 Å². The predicted molar refractivity (Wildman–Crippen MR) is 103 cm³/mol. The van der Waals surface area contributed by atoms with Crippen molar-refractivity contribution in [2.75, 3.05) is 38.6 Å². The number of nitrogens with zero attached hydrogens (tertiary/aromatic N) is 3. The van der Waals surface area contributed by atoms with Gasteiger partial charge in [0.25, 0.3) is 0 Å². The van der Waals surface area contributed by atoms with Gasteiger partial charge in [-0.3, -0.25) is 10.2 Å². The number of carbonyl (C=O) groups excluding carboxylic acids is 2. The number of aromatic nitrogens is 1. The minimum atomic E-state index is -0.547. The molecule has 1 aromatic carbocycles. The number of pyridine rings is 1. The average molecular weight is 389 g/mol. The van der Waals surface area contributed by atoms with Crippen LogP contribution in [0.4, 0.5) is 10.6 Å². The fourth-order valence-electron chi connectivity index (χ4n) is 3.09. The lowest BCUT2D eigenvalue weighted by molar-refractivity contribution is -0.148.